The topological polar surface area (TPSA) is 62.7 Å². The molecule has 0 heterocycles. The predicted molar refractivity (Wildman–Crippen MR) is 94.8 cm³/mol. The SMILES string of the molecule is CCNC(=S)N/N=C/c1ccc(OC(=O)c2ccccc2)cc1. The zero-order chi connectivity index (χ0) is 16.5. The monoisotopic (exact) mass is 327 g/mol. The fourth-order valence-corrected chi connectivity index (χ4v) is 1.92. The molecule has 0 aliphatic heterocycles. The van der Waals surface area contributed by atoms with Gasteiger partial charge in [0.05, 0.1) is 11.8 Å². The van der Waals surface area contributed by atoms with E-state index in [4.69, 9.17) is 17.0 Å². The van der Waals surface area contributed by atoms with Gasteiger partial charge < -0.3 is 10.1 Å². The third kappa shape index (κ3) is 5.52. The maximum absolute atomic E-state index is 11.9. The number of hydrogen-bond donors (Lipinski definition) is 2. The Hall–Kier alpha value is -2.73. The minimum atomic E-state index is -0.385. The molecule has 118 valence electrons. The Labute approximate surface area is 140 Å². The third-order valence-electron chi connectivity index (χ3n) is 2.82. The molecule has 0 saturated carbocycles. The zero-order valence-corrected chi connectivity index (χ0v) is 13.5. The van der Waals surface area contributed by atoms with E-state index in [1.54, 1.807) is 54.7 Å². The van der Waals surface area contributed by atoms with Crippen molar-refractivity contribution < 1.29 is 9.53 Å². The molecule has 0 atom stereocenters. The van der Waals surface area contributed by atoms with Gasteiger partial charge >= 0.3 is 5.97 Å². The first kappa shape index (κ1) is 16.6. The van der Waals surface area contributed by atoms with Crippen molar-refractivity contribution >= 4 is 29.5 Å². The van der Waals surface area contributed by atoms with Crippen LogP contribution in [0.4, 0.5) is 0 Å². The molecule has 0 bridgehead atoms. The maximum Gasteiger partial charge on any atom is 0.343 e. The second-order valence-electron chi connectivity index (χ2n) is 4.55. The van der Waals surface area contributed by atoms with Crippen LogP contribution < -0.4 is 15.5 Å². The van der Waals surface area contributed by atoms with Crippen LogP contribution >= 0.6 is 12.2 Å². The smallest absolute Gasteiger partial charge is 0.343 e. The van der Waals surface area contributed by atoms with E-state index in [0.29, 0.717) is 16.4 Å². The number of carbonyl (C=O) groups excluding carboxylic acids is 1. The number of ether oxygens (including phenoxy) is 1. The fraction of sp³-hybridized carbons (Fsp3) is 0.118. The van der Waals surface area contributed by atoms with Gasteiger partial charge in [0.15, 0.2) is 5.11 Å². The van der Waals surface area contributed by atoms with Gasteiger partial charge in [0.2, 0.25) is 0 Å². The van der Waals surface area contributed by atoms with Gasteiger partial charge in [-0.25, -0.2) is 4.79 Å². The lowest BCUT2D eigenvalue weighted by Gasteiger charge is -2.05. The summed E-state index contributed by atoms with van der Waals surface area (Å²) < 4.78 is 5.30. The second kappa shape index (κ2) is 8.65. The molecule has 0 aliphatic carbocycles. The molecule has 23 heavy (non-hydrogen) atoms. The number of benzene rings is 2. The molecule has 0 saturated heterocycles. The van der Waals surface area contributed by atoms with Crippen LogP contribution in [0.15, 0.2) is 59.7 Å². The summed E-state index contributed by atoms with van der Waals surface area (Å²) in [5.74, 6) is 0.0943. The normalized spacial score (nSPS) is 10.3. The summed E-state index contributed by atoms with van der Waals surface area (Å²) in [6, 6.07) is 15.9. The molecule has 5 nitrogen and oxygen atoms in total. The first-order chi connectivity index (χ1) is 11.2. The Morgan fingerprint density at radius 2 is 1.87 bits per heavy atom. The number of hydrazone groups is 1. The molecule has 2 rings (SSSR count). The molecule has 2 aromatic carbocycles. The first-order valence-electron chi connectivity index (χ1n) is 7.13. The molecule has 6 heteroatoms. The minimum Gasteiger partial charge on any atom is -0.423 e. The summed E-state index contributed by atoms with van der Waals surface area (Å²) in [6.45, 7) is 2.69. The zero-order valence-electron chi connectivity index (χ0n) is 12.7. The summed E-state index contributed by atoms with van der Waals surface area (Å²) in [5, 5.41) is 7.41. The molecule has 0 amide bonds. The average molecular weight is 327 g/mol. The van der Waals surface area contributed by atoms with Crippen LogP contribution in [-0.4, -0.2) is 23.8 Å². The van der Waals surface area contributed by atoms with E-state index < -0.39 is 0 Å². The summed E-state index contributed by atoms with van der Waals surface area (Å²) in [6.07, 6.45) is 1.63. The van der Waals surface area contributed by atoms with Gasteiger partial charge in [-0.05, 0) is 61.1 Å². The lowest BCUT2D eigenvalue weighted by atomic mass is 10.2. The van der Waals surface area contributed by atoms with Crippen molar-refractivity contribution in [2.24, 2.45) is 5.10 Å². The van der Waals surface area contributed by atoms with Crippen molar-refractivity contribution in [3.05, 3.63) is 65.7 Å². The molecule has 0 spiro atoms. The molecular weight excluding hydrogens is 310 g/mol. The molecule has 0 fully saturated rings. The standard InChI is InChI=1S/C17H17N3O2S/c1-2-18-17(23)20-19-12-13-8-10-15(11-9-13)22-16(21)14-6-4-3-5-7-14/h3-12H,2H2,1H3,(H2,18,20,23)/b19-12+. The Morgan fingerprint density at radius 1 is 1.17 bits per heavy atom. The summed E-state index contributed by atoms with van der Waals surface area (Å²) in [4.78, 5) is 11.9. The molecule has 2 aromatic rings. The van der Waals surface area contributed by atoms with E-state index in [0.717, 1.165) is 12.1 Å². The lowest BCUT2D eigenvalue weighted by molar-refractivity contribution is 0.0735. The molecule has 0 aromatic heterocycles. The largest absolute Gasteiger partial charge is 0.423 e. The van der Waals surface area contributed by atoms with E-state index in [-0.39, 0.29) is 5.97 Å². The summed E-state index contributed by atoms with van der Waals surface area (Å²) in [5.41, 5.74) is 4.08. The van der Waals surface area contributed by atoms with Crippen LogP contribution in [0.1, 0.15) is 22.8 Å². The minimum absolute atomic E-state index is 0.385. The van der Waals surface area contributed by atoms with Gasteiger partial charge in [0.1, 0.15) is 5.75 Å². The van der Waals surface area contributed by atoms with Crippen molar-refractivity contribution in [2.45, 2.75) is 6.92 Å². The number of hydrogen-bond acceptors (Lipinski definition) is 4. The number of rotatable bonds is 5. The third-order valence-corrected chi connectivity index (χ3v) is 3.05. The quantitative estimate of drug-likeness (QED) is 0.291. The van der Waals surface area contributed by atoms with Gasteiger partial charge in [-0.1, -0.05) is 18.2 Å². The van der Waals surface area contributed by atoms with E-state index in [9.17, 15) is 4.79 Å². The van der Waals surface area contributed by atoms with Gasteiger partial charge in [-0.3, -0.25) is 5.43 Å². The highest BCUT2D eigenvalue weighted by molar-refractivity contribution is 7.80. The van der Waals surface area contributed by atoms with Crippen LogP contribution in [0.2, 0.25) is 0 Å². The maximum atomic E-state index is 11.9. The van der Waals surface area contributed by atoms with Crippen LogP contribution in [0.5, 0.6) is 5.75 Å². The number of thiocarbonyl (C=S) groups is 1. The van der Waals surface area contributed by atoms with Gasteiger partial charge in [-0.2, -0.15) is 5.10 Å². The van der Waals surface area contributed by atoms with Crippen molar-refractivity contribution in [3.8, 4) is 5.75 Å². The molecular formula is C17H17N3O2S. The highest BCUT2D eigenvalue weighted by atomic mass is 32.1. The van der Waals surface area contributed by atoms with Gasteiger partial charge in [-0.15, -0.1) is 0 Å². The Morgan fingerprint density at radius 3 is 2.52 bits per heavy atom. The van der Waals surface area contributed by atoms with Crippen LogP contribution in [-0.2, 0) is 0 Å². The number of nitrogens with one attached hydrogen (secondary N) is 2. The van der Waals surface area contributed by atoms with E-state index >= 15 is 0 Å². The molecule has 0 aliphatic rings. The summed E-state index contributed by atoms with van der Waals surface area (Å²) in [7, 11) is 0. The number of carbonyl (C=O) groups is 1. The van der Waals surface area contributed by atoms with Crippen molar-refractivity contribution in [2.75, 3.05) is 6.54 Å². The Balaban J connectivity index is 1.91. The van der Waals surface area contributed by atoms with E-state index in [2.05, 4.69) is 15.8 Å². The average Bonchev–Trinajstić information content (AvgIpc) is 2.57. The van der Waals surface area contributed by atoms with Gasteiger partial charge in [0, 0.05) is 6.54 Å². The fourth-order valence-electron chi connectivity index (χ4n) is 1.73. The van der Waals surface area contributed by atoms with Crippen molar-refractivity contribution in [1.82, 2.24) is 10.7 Å². The molecule has 2 N–H and O–H groups in total. The molecule has 0 radical (unpaired) electrons. The highest BCUT2D eigenvalue weighted by Crippen LogP contribution is 2.13. The van der Waals surface area contributed by atoms with Crippen molar-refractivity contribution in [3.63, 3.8) is 0 Å². The number of nitrogens with zero attached hydrogens (tertiary/aromatic N) is 1. The Kier molecular flexibility index (Phi) is 6.26. The first-order valence-corrected chi connectivity index (χ1v) is 7.54. The molecule has 0 unspecified atom stereocenters. The second-order valence-corrected chi connectivity index (χ2v) is 4.96. The lowest BCUT2D eigenvalue weighted by Crippen LogP contribution is -2.31. The van der Waals surface area contributed by atoms with Gasteiger partial charge in [0.25, 0.3) is 0 Å². The van der Waals surface area contributed by atoms with E-state index in [1.807, 2.05) is 13.0 Å². The van der Waals surface area contributed by atoms with Crippen LogP contribution in [0.25, 0.3) is 0 Å². The van der Waals surface area contributed by atoms with Crippen LogP contribution in [0.3, 0.4) is 0 Å². The van der Waals surface area contributed by atoms with Crippen molar-refractivity contribution in [1.29, 1.82) is 0 Å². The number of esters is 1. The van der Waals surface area contributed by atoms with E-state index in [1.165, 1.54) is 0 Å². The highest BCUT2D eigenvalue weighted by Gasteiger charge is 2.07. The Bertz CT molecular complexity index is 685. The van der Waals surface area contributed by atoms with Crippen LogP contribution in [0, 0.1) is 0 Å². The predicted octanol–water partition coefficient (Wildman–Crippen LogP) is 2.72. The summed E-state index contributed by atoms with van der Waals surface area (Å²) >= 11 is 4.99.